The Morgan fingerprint density at radius 3 is 0.571 bits per heavy atom. The van der Waals surface area contributed by atoms with E-state index in [9.17, 15) is 0 Å². The fraction of sp³-hybridized carbons (Fsp3) is 0. The van der Waals surface area contributed by atoms with E-state index in [1.807, 2.05) is 0 Å². The van der Waals surface area contributed by atoms with Crippen LogP contribution in [0, 0.1) is 20.0 Å². The smallest absolute Gasteiger partial charge is 3.00 e. The molecule has 0 amide bonds. The zero-order chi connectivity index (χ0) is 6.00. The molecule has 0 N–H and O–H groups in total. The summed E-state index contributed by atoms with van der Waals surface area (Å²) in [6, 6.07) is 0. The molecule has 0 heterocycles. The molecular weight excluding hydrogens is 185 g/mol. The van der Waals surface area contributed by atoms with Crippen LogP contribution in [-0.2, 0) is 33.4 Å². The second kappa shape index (κ2) is 5590. The molecule has 0 fully saturated rings. The maximum atomic E-state index is 7.50. The minimum Gasteiger partial charge on any atom is 3.00 e. The number of rotatable bonds is 0. The van der Waals surface area contributed by atoms with Crippen LogP contribution in [0.25, 0.3) is 0 Å². The van der Waals surface area contributed by atoms with Crippen molar-refractivity contribution in [2.75, 3.05) is 0 Å². The Balaban J connectivity index is -0.00000000900. The average molecular weight is 185 g/mol. The molecule has 0 spiro atoms. The molecule has 0 aromatic carbocycles. The van der Waals surface area contributed by atoms with Gasteiger partial charge in [-0.3, -0.25) is 0 Å². The first kappa shape index (κ1) is 28.9. The summed E-state index contributed by atoms with van der Waals surface area (Å²) in [6.45, 7) is 13.5. The molecule has 0 aliphatic rings. The minimum absolute atomic E-state index is 0. The Kier molecular flexibility index (Phi) is 23100. The van der Waals surface area contributed by atoms with E-state index < -0.39 is 0 Å². The van der Waals surface area contributed by atoms with Crippen molar-refractivity contribution in [3.05, 3.63) is 20.0 Å². The predicted molar refractivity (Wildman–Crippen MR) is 11.8 cm³/mol. The van der Waals surface area contributed by atoms with Gasteiger partial charge in [0.15, 0.2) is 0 Å². The summed E-state index contributed by atoms with van der Waals surface area (Å²) < 4.78 is 22.5. The van der Waals surface area contributed by atoms with Crippen LogP contribution in [0.15, 0.2) is 0 Å². The van der Waals surface area contributed by atoms with Crippen LogP contribution in [0.3, 0.4) is 0 Å². The molecule has 0 unspecified atom stereocenters. The molecule has 0 aliphatic carbocycles. The van der Waals surface area contributed by atoms with E-state index in [2.05, 4.69) is 20.0 Å². The van der Waals surface area contributed by atoms with Gasteiger partial charge in [-0.05, 0) is 0 Å². The molecule has 0 aromatic rings. The van der Waals surface area contributed by atoms with Crippen molar-refractivity contribution < 1.29 is 33.4 Å². The van der Waals surface area contributed by atoms with Gasteiger partial charge in [0.25, 0.3) is 0 Å². The van der Waals surface area contributed by atoms with Crippen molar-refractivity contribution in [3.63, 3.8) is 0 Å². The van der Waals surface area contributed by atoms with Gasteiger partial charge < -0.3 is 0 Å². The third-order valence-electron chi connectivity index (χ3n) is 0. The maximum absolute atomic E-state index is 7.50. The van der Waals surface area contributed by atoms with Crippen LogP contribution in [0.5, 0.6) is 0 Å². The zero-order valence-corrected chi connectivity index (χ0v) is 4.82. The van der Waals surface area contributed by atoms with Crippen molar-refractivity contribution in [2.45, 2.75) is 0 Å². The van der Waals surface area contributed by atoms with Gasteiger partial charge in [-0.25, -0.2) is 0 Å². The van der Waals surface area contributed by atoms with Gasteiger partial charge in [0.1, 0.15) is 0 Å². The molecule has 7 heavy (non-hydrogen) atoms. The second-order valence-corrected chi connectivity index (χ2v) is 0. The first-order chi connectivity index (χ1) is 3.00. The van der Waals surface area contributed by atoms with Gasteiger partial charge in [-0.2, -0.15) is 0 Å². The standard InChI is InChI=1S/3CO.Ru/c3*1-2;/q;;;+3. The van der Waals surface area contributed by atoms with E-state index in [0.29, 0.717) is 0 Å². The summed E-state index contributed by atoms with van der Waals surface area (Å²) in [7, 11) is 0. The van der Waals surface area contributed by atoms with Crippen molar-refractivity contribution in [1.82, 2.24) is 0 Å². The van der Waals surface area contributed by atoms with E-state index >= 15 is 0 Å². The van der Waals surface area contributed by atoms with E-state index in [1.54, 1.807) is 0 Å². The molecule has 0 saturated carbocycles. The monoisotopic (exact) mass is 186 g/mol. The third-order valence-corrected chi connectivity index (χ3v) is 0. The average Bonchev–Trinajstić information content (AvgIpc) is 1.81. The predicted octanol–water partition coefficient (Wildman–Crippen LogP) is -0.115. The van der Waals surface area contributed by atoms with Crippen LogP contribution < -0.4 is 0 Å². The molecule has 1 radical (unpaired) electrons. The van der Waals surface area contributed by atoms with E-state index in [0.717, 1.165) is 0 Å². The fourth-order valence-corrected chi connectivity index (χ4v) is 0. The second-order valence-electron chi connectivity index (χ2n) is 0. The number of hydrogen-bond acceptors (Lipinski definition) is 0. The van der Waals surface area contributed by atoms with Gasteiger partial charge in [0.2, 0.25) is 0 Å². The van der Waals surface area contributed by atoms with Crippen LogP contribution in [0.2, 0.25) is 0 Å². The van der Waals surface area contributed by atoms with E-state index in [-0.39, 0.29) is 19.5 Å². The van der Waals surface area contributed by atoms with Crippen molar-refractivity contribution in [3.8, 4) is 0 Å². The van der Waals surface area contributed by atoms with Gasteiger partial charge in [-0.1, -0.05) is 0 Å². The van der Waals surface area contributed by atoms with Gasteiger partial charge in [0, 0.05) is 0 Å². The van der Waals surface area contributed by atoms with Crippen LogP contribution in [-0.4, -0.2) is 0 Å². The molecule has 0 atom stereocenters. The third kappa shape index (κ3) is 3520. The first-order valence-electron chi connectivity index (χ1n) is 0.612. The topological polar surface area (TPSA) is 59.7 Å². The normalized spacial score (nSPS) is 0.857. The van der Waals surface area contributed by atoms with E-state index in [1.165, 1.54) is 0 Å². The molecule has 0 saturated heterocycles. The molecule has 0 aliphatic heterocycles. The Morgan fingerprint density at radius 1 is 0.571 bits per heavy atom. The van der Waals surface area contributed by atoms with Crippen molar-refractivity contribution >= 4 is 0 Å². The molecule has 3 nitrogen and oxygen atoms in total. The van der Waals surface area contributed by atoms with E-state index in [4.69, 9.17) is 14.0 Å². The minimum atomic E-state index is 0. The largest absolute Gasteiger partial charge is 3.00 e. The SMILES string of the molecule is [C-]#[O+].[C-]#[O+].[C-]#[O+].[Ru+3]. The molecule has 4 heteroatoms. The Hall–Kier alpha value is -0.157. The van der Waals surface area contributed by atoms with Gasteiger partial charge in [0.05, 0.1) is 0 Å². The quantitative estimate of drug-likeness (QED) is 0.287. The van der Waals surface area contributed by atoms with Crippen LogP contribution in [0.4, 0.5) is 0 Å². The van der Waals surface area contributed by atoms with Crippen LogP contribution in [0.1, 0.15) is 0 Å². The Bertz CT molecular complexity index is 38.7. The fourth-order valence-electron chi connectivity index (χ4n) is 0. The summed E-state index contributed by atoms with van der Waals surface area (Å²) in [6.07, 6.45) is 0. The summed E-state index contributed by atoms with van der Waals surface area (Å²) >= 11 is 0. The molecule has 0 aromatic heterocycles. The van der Waals surface area contributed by atoms with Crippen LogP contribution >= 0.6 is 0 Å². The molecule has 0 bridgehead atoms. The summed E-state index contributed by atoms with van der Waals surface area (Å²) in [5, 5.41) is 0. The molecule has 35 valence electrons. The number of hydrogen-bond donors (Lipinski definition) is 0. The Labute approximate surface area is 54.0 Å². The molecular formula is C3O3Ru+3. The Morgan fingerprint density at radius 2 is 0.571 bits per heavy atom. The van der Waals surface area contributed by atoms with Crippen molar-refractivity contribution in [1.29, 1.82) is 0 Å². The first-order valence-corrected chi connectivity index (χ1v) is 0.612. The van der Waals surface area contributed by atoms with Gasteiger partial charge >= 0.3 is 53.4 Å². The summed E-state index contributed by atoms with van der Waals surface area (Å²) in [5.41, 5.74) is 0. The zero-order valence-electron chi connectivity index (χ0n) is 3.08. The summed E-state index contributed by atoms with van der Waals surface area (Å²) in [5.74, 6) is 0. The van der Waals surface area contributed by atoms with Gasteiger partial charge in [-0.15, -0.1) is 0 Å². The summed E-state index contributed by atoms with van der Waals surface area (Å²) in [4.78, 5) is 0. The molecule has 0 rings (SSSR count). The maximum Gasteiger partial charge on any atom is 3.00 e. The van der Waals surface area contributed by atoms with Crippen molar-refractivity contribution in [2.24, 2.45) is 0 Å².